The Morgan fingerprint density at radius 2 is 2.10 bits per heavy atom. The molecule has 1 amide bonds. The van der Waals surface area contributed by atoms with Crippen LogP contribution in [0.2, 0.25) is 0 Å². The number of benzene rings is 2. The van der Waals surface area contributed by atoms with E-state index in [-0.39, 0.29) is 18.5 Å². The quantitative estimate of drug-likeness (QED) is 0.501. The molecule has 1 atom stereocenters. The van der Waals surface area contributed by atoms with Crippen molar-refractivity contribution in [2.24, 2.45) is 0 Å². The second-order valence-electron chi connectivity index (χ2n) is 7.52. The minimum Gasteiger partial charge on any atom is -0.539 e. The third-order valence-corrected chi connectivity index (χ3v) is 5.65. The van der Waals surface area contributed by atoms with E-state index in [9.17, 15) is 9.90 Å². The van der Waals surface area contributed by atoms with Gasteiger partial charge in [-0.2, -0.15) is 0 Å². The summed E-state index contributed by atoms with van der Waals surface area (Å²) < 4.78 is 11.4. The van der Waals surface area contributed by atoms with Crippen molar-refractivity contribution in [3.8, 4) is 11.7 Å². The Bertz CT molecular complexity index is 1230. The van der Waals surface area contributed by atoms with Crippen LogP contribution in [-0.2, 0) is 17.8 Å². The molecule has 158 valence electrons. The summed E-state index contributed by atoms with van der Waals surface area (Å²) in [5.41, 5.74) is 4.28. The number of carbonyl (C=O) groups is 1. The standard InChI is InChI=1S/C23H22N4O4/c1-2-30-16-9-7-15(8-10-16)23-22-18(17-5-3-4-6-19(17)24-22)11-12-27(23)20(28)13-26-14-21(29)31-25-26/h3-10,14,23-24H,2,11-13H2,1H3. The zero-order valence-corrected chi connectivity index (χ0v) is 17.1. The lowest BCUT2D eigenvalue weighted by atomic mass is 9.92. The zero-order valence-electron chi connectivity index (χ0n) is 17.1. The van der Waals surface area contributed by atoms with Gasteiger partial charge in [0.15, 0.2) is 0 Å². The Morgan fingerprint density at radius 1 is 1.29 bits per heavy atom. The highest BCUT2D eigenvalue weighted by molar-refractivity contribution is 5.86. The van der Waals surface area contributed by atoms with E-state index < -0.39 is 5.95 Å². The minimum atomic E-state index is -0.576. The second-order valence-corrected chi connectivity index (χ2v) is 7.52. The Morgan fingerprint density at radius 3 is 2.84 bits per heavy atom. The van der Waals surface area contributed by atoms with Gasteiger partial charge in [-0.3, -0.25) is 4.79 Å². The zero-order chi connectivity index (χ0) is 21.4. The van der Waals surface area contributed by atoms with Gasteiger partial charge in [-0.1, -0.05) is 35.0 Å². The van der Waals surface area contributed by atoms with E-state index in [4.69, 9.17) is 4.74 Å². The first-order valence-corrected chi connectivity index (χ1v) is 10.3. The summed E-state index contributed by atoms with van der Waals surface area (Å²) >= 11 is 0. The lowest BCUT2D eigenvalue weighted by Crippen LogP contribution is -2.49. The second kappa shape index (κ2) is 7.79. The summed E-state index contributed by atoms with van der Waals surface area (Å²) in [5.74, 6) is 0.0758. The summed E-state index contributed by atoms with van der Waals surface area (Å²) in [6.07, 6.45) is 1.93. The topological polar surface area (TPSA) is 98.3 Å². The van der Waals surface area contributed by atoms with Gasteiger partial charge in [-0.25, -0.2) is 0 Å². The molecule has 2 aromatic carbocycles. The Hall–Kier alpha value is -3.81. The Balaban J connectivity index is 1.56. The van der Waals surface area contributed by atoms with E-state index >= 15 is 0 Å². The van der Waals surface area contributed by atoms with Gasteiger partial charge in [0.2, 0.25) is 6.20 Å². The van der Waals surface area contributed by atoms with Crippen molar-refractivity contribution in [3.63, 3.8) is 0 Å². The number of hydrogen-bond donors (Lipinski definition) is 1. The van der Waals surface area contributed by atoms with Crippen molar-refractivity contribution in [1.29, 1.82) is 0 Å². The van der Waals surface area contributed by atoms with Crippen molar-refractivity contribution >= 4 is 16.8 Å². The number of rotatable bonds is 5. The van der Waals surface area contributed by atoms with Gasteiger partial charge >= 0.3 is 0 Å². The first kappa shape index (κ1) is 19.2. The summed E-state index contributed by atoms with van der Waals surface area (Å²) in [6, 6.07) is 15.8. The first-order valence-electron chi connectivity index (χ1n) is 10.3. The molecule has 1 aliphatic rings. The van der Waals surface area contributed by atoms with Gasteiger partial charge < -0.3 is 24.3 Å². The minimum absolute atomic E-state index is 0.0607. The van der Waals surface area contributed by atoms with Gasteiger partial charge in [-0.05, 0) is 42.7 Å². The first-order chi connectivity index (χ1) is 15.1. The van der Waals surface area contributed by atoms with Gasteiger partial charge in [-0.15, -0.1) is 0 Å². The highest BCUT2D eigenvalue weighted by Gasteiger charge is 2.36. The molecule has 3 heterocycles. The third-order valence-electron chi connectivity index (χ3n) is 5.65. The number of para-hydroxylation sites is 1. The number of ether oxygens (including phenoxy) is 1. The molecule has 0 radical (unpaired) electrons. The number of nitrogens with zero attached hydrogens (tertiary/aromatic N) is 3. The molecule has 1 unspecified atom stereocenters. The van der Waals surface area contributed by atoms with Gasteiger partial charge in [0.25, 0.3) is 12.5 Å². The molecule has 8 heteroatoms. The summed E-state index contributed by atoms with van der Waals surface area (Å²) in [6.45, 7) is 3.04. The van der Waals surface area contributed by atoms with Crippen LogP contribution >= 0.6 is 0 Å². The van der Waals surface area contributed by atoms with Gasteiger partial charge in [0.05, 0.1) is 17.9 Å². The molecule has 5 rings (SSSR count). The highest BCUT2D eigenvalue weighted by atomic mass is 16.6. The van der Waals surface area contributed by atoms with Crippen molar-refractivity contribution in [2.45, 2.75) is 25.9 Å². The molecule has 0 spiro atoms. The smallest absolute Gasteiger partial charge is 0.291 e. The fourth-order valence-corrected chi connectivity index (χ4v) is 4.33. The van der Waals surface area contributed by atoms with E-state index in [2.05, 4.69) is 26.9 Å². The van der Waals surface area contributed by atoms with Crippen LogP contribution in [0.4, 0.5) is 0 Å². The van der Waals surface area contributed by atoms with Crippen LogP contribution in [0.15, 0.2) is 59.3 Å². The Labute approximate surface area is 178 Å². The summed E-state index contributed by atoms with van der Waals surface area (Å²) in [4.78, 5) is 18.6. The van der Waals surface area contributed by atoms with E-state index in [0.29, 0.717) is 13.2 Å². The van der Waals surface area contributed by atoms with Crippen molar-refractivity contribution < 1.29 is 23.8 Å². The van der Waals surface area contributed by atoms with Gasteiger partial charge in [0.1, 0.15) is 11.7 Å². The van der Waals surface area contributed by atoms with E-state index in [1.54, 1.807) is 0 Å². The van der Waals surface area contributed by atoms with Crippen LogP contribution < -0.4 is 14.5 Å². The average molecular weight is 418 g/mol. The molecule has 0 saturated heterocycles. The molecule has 2 aromatic heterocycles. The van der Waals surface area contributed by atoms with Crippen molar-refractivity contribution in [1.82, 2.24) is 15.2 Å². The average Bonchev–Trinajstić information content (AvgIpc) is 3.36. The highest BCUT2D eigenvalue weighted by Crippen LogP contribution is 2.38. The number of hydrogen-bond acceptors (Lipinski definition) is 5. The van der Waals surface area contributed by atoms with Crippen molar-refractivity contribution in [2.75, 3.05) is 13.2 Å². The predicted molar refractivity (Wildman–Crippen MR) is 109 cm³/mol. The van der Waals surface area contributed by atoms with Crippen LogP contribution in [0.25, 0.3) is 10.9 Å². The molecule has 0 aliphatic carbocycles. The maximum atomic E-state index is 13.2. The Kier molecular flexibility index (Phi) is 4.82. The summed E-state index contributed by atoms with van der Waals surface area (Å²) in [5, 5.41) is 16.1. The van der Waals surface area contributed by atoms with Crippen LogP contribution in [0.5, 0.6) is 11.7 Å². The fourth-order valence-electron chi connectivity index (χ4n) is 4.33. The predicted octanol–water partition coefficient (Wildman–Crippen LogP) is 2.09. The maximum absolute atomic E-state index is 13.2. The number of H-pyrrole nitrogens is 1. The normalized spacial score (nSPS) is 15.8. The molecule has 8 nitrogen and oxygen atoms in total. The number of carbonyl (C=O) groups excluding carboxylic acids is 1. The molecule has 0 fully saturated rings. The van der Waals surface area contributed by atoms with Crippen LogP contribution in [0.3, 0.4) is 0 Å². The number of aromatic amines is 1. The largest absolute Gasteiger partial charge is 0.539 e. The SMILES string of the molecule is CCOc1ccc(C2c3[nH]c4ccccc4c3CCN2C(=O)C[n+]2cc([O-])on2)cc1. The van der Waals surface area contributed by atoms with E-state index in [1.807, 2.05) is 48.2 Å². The lowest BCUT2D eigenvalue weighted by Gasteiger charge is -2.35. The van der Waals surface area contributed by atoms with Crippen LogP contribution in [-0.4, -0.2) is 34.2 Å². The number of fused-ring (bicyclic) bond motifs is 3. The molecular formula is C23H22N4O4. The van der Waals surface area contributed by atoms with Crippen LogP contribution in [0.1, 0.15) is 29.8 Å². The third kappa shape index (κ3) is 3.50. The molecule has 1 aliphatic heterocycles. The lowest BCUT2D eigenvalue weighted by molar-refractivity contribution is -0.751. The molecule has 1 N–H and O–H groups in total. The molecule has 31 heavy (non-hydrogen) atoms. The monoisotopic (exact) mass is 418 g/mol. The van der Waals surface area contributed by atoms with Crippen molar-refractivity contribution in [3.05, 3.63) is 71.5 Å². The number of aromatic nitrogens is 3. The maximum Gasteiger partial charge on any atom is 0.291 e. The number of nitrogens with one attached hydrogen (secondary N) is 1. The molecule has 0 saturated carbocycles. The van der Waals surface area contributed by atoms with E-state index in [1.165, 1.54) is 21.8 Å². The number of amides is 1. The van der Waals surface area contributed by atoms with E-state index in [0.717, 1.165) is 28.9 Å². The fraction of sp³-hybridized carbons (Fsp3) is 0.261. The summed E-state index contributed by atoms with van der Waals surface area (Å²) in [7, 11) is 0. The molecule has 4 aromatic rings. The molecular weight excluding hydrogens is 396 g/mol. The van der Waals surface area contributed by atoms with Crippen LogP contribution in [0, 0.1) is 0 Å². The molecule has 0 bridgehead atoms. The van der Waals surface area contributed by atoms with Gasteiger partial charge in [0, 0.05) is 23.1 Å².